The number of sulfonamides is 1. The maximum Gasteiger partial charge on any atom is 0.255 e. The molecule has 1 aromatic rings. The Morgan fingerprint density at radius 3 is 2.90 bits per heavy atom. The number of morpholine rings is 1. The first kappa shape index (κ1) is 14.6. The number of aromatic amines is 1. The van der Waals surface area contributed by atoms with Crippen molar-refractivity contribution >= 4 is 15.9 Å². The molecule has 0 unspecified atom stereocenters. The van der Waals surface area contributed by atoms with Gasteiger partial charge in [0.25, 0.3) is 5.91 Å². The van der Waals surface area contributed by atoms with Crippen molar-refractivity contribution in [1.29, 1.82) is 0 Å². The zero-order chi connectivity index (χ0) is 15.0. The van der Waals surface area contributed by atoms with Crippen molar-refractivity contribution in [2.24, 2.45) is 0 Å². The number of carbonyl (C=O) groups is 1. The van der Waals surface area contributed by atoms with Gasteiger partial charge in [-0.1, -0.05) is 0 Å². The van der Waals surface area contributed by atoms with Gasteiger partial charge in [0.05, 0.1) is 30.6 Å². The average molecular weight is 313 g/mol. The van der Waals surface area contributed by atoms with Crippen LogP contribution >= 0.6 is 0 Å². The fraction of sp³-hybridized carbons (Fsp3) is 0.615. The molecule has 8 heteroatoms. The highest BCUT2D eigenvalue weighted by Gasteiger charge is 2.42. The third-order valence-corrected chi connectivity index (χ3v) is 5.40. The summed E-state index contributed by atoms with van der Waals surface area (Å²) in [7, 11) is -3.29. The molecule has 0 bridgehead atoms. The minimum absolute atomic E-state index is 0.0753. The average Bonchev–Trinajstić information content (AvgIpc) is 2.98. The molecule has 21 heavy (non-hydrogen) atoms. The van der Waals surface area contributed by atoms with Crippen molar-refractivity contribution in [3.63, 3.8) is 0 Å². The number of amides is 1. The first-order chi connectivity index (χ1) is 9.97. The summed E-state index contributed by atoms with van der Waals surface area (Å²) in [6, 6.07) is 1.44. The van der Waals surface area contributed by atoms with E-state index >= 15 is 0 Å². The number of ether oxygens (including phenoxy) is 1. The highest BCUT2D eigenvalue weighted by atomic mass is 32.2. The Balaban J connectivity index is 1.79. The van der Waals surface area contributed by atoms with E-state index in [1.807, 2.05) is 0 Å². The predicted molar refractivity (Wildman–Crippen MR) is 76.4 cm³/mol. The number of nitrogens with one attached hydrogen (secondary N) is 1. The van der Waals surface area contributed by atoms with Crippen molar-refractivity contribution in [2.45, 2.75) is 18.6 Å². The number of hydrogen-bond acceptors (Lipinski definition) is 4. The quantitative estimate of drug-likeness (QED) is 0.826. The van der Waals surface area contributed by atoms with Crippen molar-refractivity contribution in [1.82, 2.24) is 14.2 Å². The van der Waals surface area contributed by atoms with Crippen molar-refractivity contribution in [3.05, 3.63) is 24.0 Å². The fourth-order valence-corrected chi connectivity index (χ4v) is 4.18. The Labute approximate surface area is 123 Å². The Bertz CT molecular complexity index is 613. The third-order valence-electron chi connectivity index (χ3n) is 4.09. The molecular weight excluding hydrogens is 294 g/mol. The van der Waals surface area contributed by atoms with Gasteiger partial charge in [0.2, 0.25) is 10.0 Å². The van der Waals surface area contributed by atoms with Crippen molar-refractivity contribution < 1.29 is 17.9 Å². The zero-order valence-corrected chi connectivity index (χ0v) is 12.7. The van der Waals surface area contributed by atoms with Crippen LogP contribution in [0.25, 0.3) is 0 Å². The number of nitrogens with zero attached hydrogens (tertiary/aromatic N) is 2. The molecule has 7 nitrogen and oxygen atoms in total. The molecule has 0 saturated carbocycles. The number of H-pyrrole nitrogens is 1. The summed E-state index contributed by atoms with van der Waals surface area (Å²) in [5.41, 5.74) is 0.594. The van der Waals surface area contributed by atoms with Crippen LogP contribution in [-0.4, -0.2) is 73.2 Å². The van der Waals surface area contributed by atoms with Crippen molar-refractivity contribution in [3.8, 4) is 0 Å². The molecule has 1 N–H and O–H groups in total. The van der Waals surface area contributed by atoms with Crippen LogP contribution in [0.15, 0.2) is 18.5 Å². The van der Waals surface area contributed by atoms with E-state index in [0.29, 0.717) is 38.2 Å². The largest absolute Gasteiger partial charge is 0.375 e. The summed E-state index contributed by atoms with van der Waals surface area (Å²) in [5.74, 6) is -0.0753. The summed E-state index contributed by atoms with van der Waals surface area (Å²) in [4.78, 5) is 17.0. The lowest BCUT2D eigenvalue weighted by Crippen LogP contribution is -2.61. The number of hydrogen-bond donors (Lipinski definition) is 1. The van der Waals surface area contributed by atoms with Crippen LogP contribution in [0, 0.1) is 0 Å². The minimum atomic E-state index is -3.29. The van der Waals surface area contributed by atoms with E-state index in [1.165, 1.54) is 10.6 Å². The van der Waals surface area contributed by atoms with Crippen LogP contribution in [0.2, 0.25) is 0 Å². The fourth-order valence-electron chi connectivity index (χ4n) is 3.08. The molecule has 2 aliphatic rings. The SMILES string of the molecule is CS(=O)(=O)N1CCO[C@H]2CCN(C(=O)c3cc[nH]c3)C[C@@H]21. The molecule has 0 spiro atoms. The molecule has 1 amide bonds. The van der Waals surface area contributed by atoms with Gasteiger partial charge in [0, 0.05) is 32.0 Å². The van der Waals surface area contributed by atoms with Crippen LogP contribution in [0.3, 0.4) is 0 Å². The molecule has 116 valence electrons. The zero-order valence-electron chi connectivity index (χ0n) is 11.9. The lowest BCUT2D eigenvalue weighted by Gasteiger charge is -2.45. The van der Waals surface area contributed by atoms with Crippen molar-refractivity contribution in [2.75, 3.05) is 32.5 Å². The standard InChI is InChI=1S/C13H19N3O4S/c1-21(18,19)16-6-7-20-12-3-5-15(9-11(12)16)13(17)10-2-4-14-8-10/h2,4,8,11-12,14H,3,5-7,9H2,1H3/t11-,12-/m0/s1. The lowest BCUT2D eigenvalue weighted by molar-refractivity contribution is -0.0704. The van der Waals surface area contributed by atoms with Crippen LogP contribution in [0.1, 0.15) is 16.8 Å². The third kappa shape index (κ3) is 2.83. The van der Waals surface area contributed by atoms with Gasteiger partial charge in [-0.3, -0.25) is 4.79 Å². The molecule has 0 aliphatic carbocycles. The normalized spacial score (nSPS) is 27.4. The smallest absolute Gasteiger partial charge is 0.255 e. The predicted octanol–water partition coefficient (Wildman–Crippen LogP) is -0.110. The van der Waals surface area contributed by atoms with E-state index < -0.39 is 10.0 Å². The highest BCUT2D eigenvalue weighted by molar-refractivity contribution is 7.88. The van der Waals surface area contributed by atoms with E-state index in [4.69, 9.17) is 4.74 Å². The maximum absolute atomic E-state index is 12.4. The molecular formula is C13H19N3O4S. The lowest BCUT2D eigenvalue weighted by atomic mass is 10.00. The topological polar surface area (TPSA) is 82.7 Å². The number of aromatic nitrogens is 1. The van der Waals surface area contributed by atoms with Gasteiger partial charge in [-0.2, -0.15) is 4.31 Å². The van der Waals surface area contributed by atoms with E-state index in [9.17, 15) is 13.2 Å². The van der Waals surface area contributed by atoms with Gasteiger partial charge < -0.3 is 14.6 Å². The molecule has 3 heterocycles. The number of likely N-dealkylation sites (tertiary alicyclic amines) is 1. The van der Waals surface area contributed by atoms with E-state index in [2.05, 4.69) is 4.98 Å². The van der Waals surface area contributed by atoms with E-state index in [0.717, 1.165) is 0 Å². The second-order valence-corrected chi connectivity index (χ2v) is 7.42. The van der Waals surface area contributed by atoms with Crippen LogP contribution in [-0.2, 0) is 14.8 Å². The molecule has 0 radical (unpaired) electrons. The summed E-state index contributed by atoms with van der Waals surface area (Å²) in [5, 5.41) is 0. The minimum Gasteiger partial charge on any atom is -0.375 e. The highest BCUT2D eigenvalue weighted by Crippen LogP contribution is 2.25. The molecule has 0 aromatic carbocycles. The number of fused-ring (bicyclic) bond motifs is 1. The van der Waals surface area contributed by atoms with Crippen LogP contribution in [0.5, 0.6) is 0 Å². The first-order valence-corrected chi connectivity index (χ1v) is 8.82. The van der Waals surface area contributed by atoms with Crippen LogP contribution in [0.4, 0.5) is 0 Å². The van der Waals surface area contributed by atoms with E-state index in [-0.39, 0.29) is 18.1 Å². The monoisotopic (exact) mass is 313 g/mol. The van der Waals surface area contributed by atoms with Gasteiger partial charge in [0.15, 0.2) is 0 Å². The Hall–Kier alpha value is -1.38. The number of carbonyl (C=O) groups excluding carboxylic acids is 1. The van der Waals surface area contributed by atoms with Gasteiger partial charge in [0.1, 0.15) is 0 Å². The Morgan fingerprint density at radius 2 is 2.24 bits per heavy atom. The van der Waals surface area contributed by atoms with Gasteiger partial charge in [-0.05, 0) is 12.5 Å². The van der Waals surface area contributed by atoms with Gasteiger partial charge in [-0.25, -0.2) is 8.42 Å². The van der Waals surface area contributed by atoms with Gasteiger partial charge in [-0.15, -0.1) is 0 Å². The molecule has 2 atom stereocenters. The first-order valence-electron chi connectivity index (χ1n) is 6.97. The Morgan fingerprint density at radius 1 is 1.43 bits per heavy atom. The summed E-state index contributed by atoms with van der Waals surface area (Å²) in [6.07, 6.45) is 5.10. The summed E-state index contributed by atoms with van der Waals surface area (Å²) >= 11 is 0. The van der Waals surface area contributed by atoms with Gasteiger partial charge >= 0.3 is 0 Å². The van der Waals surface area contributed by atoms with E-state index in [1.54, 1.807) is 23.4 Å². The molecule has 2 saturated heterocycles. The molecule has 2 fully saturated rings. The van der Waals surface area contributed by atoms with Crippen LogP contribution < -0.4 is 0 Å². The molecule has 1 aromatic heterocycles. The second kappa shape index (κ2) is 5.43. The summed E-state index contributed by atoms with van der Waals surface area (Å²) in [6.45, 7) is 1.73. The Kier molecular flexibility index (Phi) is 3.76. The molecule has 2 aliphatic heterocycles. The second-order valence-electron chi connectivity index (χ2n) is 5.49. The summed E-state index contributed by atoms with van der Waals surface area (Å²) < 4.78 is 31.0. The molecule has 3 rings (SSSR count). The number of piperidine rings is 1. The maximum atomic E-state index is 12.4. The number of rotatable bonds is 2.